The number of carbonyl (C=O) groups is 1. The monoisotopic (exact) mass is 253 g/mol. The average molecular weight is 253 g/mol. The smallest absolute Gasteiger partial charge is 0.408 e. The molecule has 1 fully saturated rings. The van der Waals surface area contributed by atoms with E-state index in [1.54, 1.807) is 0 Å². The van der Waals surface area contributed by atoms with Crippen LogP contribution in [0.2, 0.25) is 0 Å². The maximum Gasteiger partial charge on any atom is 0.408 e. The van der Waals surface area contributed by atoms with Gasteiger partial charge in [-0.15, -0.1) is 0 Å². The molecule has 2 aromatic rings. The van der Waals surface area contributed by atoms with Crippen LogP contribution in [0.1, 0.15) is 11.1 Å². The highest BCUT2D eigenvalue weighted by molar-refractivity contribution is 5.71. The number of benzene rings is 2. The molecule has 19 heavy (non-hydrogen) atoms. The van der Waals surface area contributed by atoms with Crippen molar-refractivity contribution in [2.24, 2.45) is 0 Å². The lowest BCUT2D eigenvalue weighted by Crippen LogP contribution is -2.42. The fraction of sp³-hybridized carbons (Fsp3) is 0.188. The number of hydrogen-bond acceptors (Lipinski definition) is 2. The Bertz CT molecular complexity index is 568. The van der Waals surface area contributed by atoms with E-state index in [1.807, 2.05) is 48.5 Å². The third kappa shape index (κ3) is 2.32. The summed E-state index contributed by atoms with van der Waals surface area (Å²) < 4.78 is 5.15. The van der Waals surface area contributed by atoms with Gasteiger partial charge in [0.1, 0.15) is 12.1 Å². The largest absolute Gasteiger partial charge is 0.447 e. The maximum absolute atomic E-state index is 11.5. The molecule has 0 saturated carbocycles. The first-order valence-corrected chi connectivity index (χ1v) is 6.33. The molecule has 0 spiro atoms. The topological polar surface area (TPSA) is 38.3 Å². The lowest BCUT2D eigenvalue weighted by molar-refractivity contribution is 0.172. The molecule has 3 heteroatoms. The van der Waals surface area contributed by atoms with Crippen LogP contribution in [0.5, 0.6) is 0 Å². The highest BCUT2D eigenvalue weighted by Crippen LogP contribution is 2.30. The first kappa shape index (κ1) is 11.8. The third-order valence-corrected chi connectivity index (χ3v) is 3.47. The van der Waals surface area contributed by atoms with Gasteiger partial charge in [-0.05, 0) is 11.1 Å². The zero-order valence-electron chi connectivity index (χ0n) is 10.5. The highest BCUT2D eigenvalue weighted by Gasteiger charge is 2.41. The van der Waals surface area contributed by atoms with Crippen molar-refractivity contribution in [3.05, 3.63) is 71.8 Å². The fourth-order valence-electron chi connectivity index (χ4n) is 2.51. The fourth-order valence-corrected chi connectivity index (χ4v) is 2.51. The van der Waals surface area contributed by atoms with Crippen LogP contribution >= 0.6 is 0 Å². The van der Waals surface area contributed by atoms with E-state index in [9.17, 15) is 4.79 Å². The number of alkyl carbamates (subject to hydrolysis) is 1. The first-order valence-electron chi connectivity index (χ1n) is 6.33. The van der Waals surface area contributed by atoms with Crippen molar-refractivity contribution in [2.45, 2.75) is 12.0 Å². The van der Waals surface area contributed by atoms with Crippen LogP contribution in [0.15, 0.2) is 60.7 Å². The van der Waals surface area contributed by atoms with Crippen LogP contribution in [-0.4, -0.2) is 12.7 Å². The van der Waals surface area contributed by atoms with E-state index in [-0.39, 0.29) is 6.09 Å². The molecular weight excluding hydrogens is 238 g/mol. The molecule has 0 aromatic heterocycles. The first-order chi connectivity index (χ1) is 9.28. The normalized spacial score (nSPS) is 21.8. The Labute approximate surface area is 112 Å². The van der Waals surface area contributed by atoms with E-state index < -0.39 is 5.54 Å². The zero-order chi connectivity index (χ0) is 13.1. The second-order valence-corrected chi connectivity index (χ2v) is 4.81. The van der Waals surface area contributed by atoms with Crippen molar-refractivity contribution in [2.75, 3.05) is 6.61 Å². The lowest BCUT2D eigenvalue weighted by atomic mass is 9.85. The maximum atomic E-state index is 11.5. The number of cyclic esters (lactones) is 1. The molecule has 1 heterocycles. The Morgan fingerprint density at radius 3 is 2.21 bits per heavy atom. The number of hydrogen-bond donors (Lipinski definition) is 1. The second-order valence-electron chi connectivity index (χ2n) is 4.81. The minimum atomic E-state index is -0.459. The van der Waals surface area contributed by atoms with Crippen molar-refractivity contribution in [3.8, 4) is 0 Å². The van der Waals surface area contributed by atoms with Gasteiger partial charge in [0.05, 0.1) is 0 Å². The molecule has 1 aliphatic heterocycles. The Hall–Kier alpha value is -2.29. The molecule has 1 unspecified atom stereocenters. The minimum Gasteiger partial charge on any atom is -0.447 e. The molecule has 1 amide bonds. The molecule has 3 nitrogen and oxygen atoms in total. The van der Waals surface area contributed by atoms with Gasteiger partial charge in [-0.1, -0.05) is 60.7 Å². The Kier molecular flexibility index (Phi) is 2.95. The van der Waals surface area contributed by atoms with Crippen LogP contribution in [0.4, 0.5) is 4.79 Å². The predicted molar refractivity (Wildman–Crippen MR) is 72.7 cm³/mol. The summed E-state index contributed by atoms with van der Waals surface area (Å²) in [6.45, 7) is 0.366. The molecule has 1 N–H and O–H groups in total. The van der Waals surface area contributed by atoms with E-state index >= 15 is 0 Å². The van der Waals surface area contributed by atoms with Gasteiger partial charge < -0.3 is 10.1 Å². The SMILES string of the molecule is O=C1NC(Cc2ccccc2)(c2ccccc2)CO1. The summed E-state index contributed by atoms with van der Waals surface area (Å²) in [5, 5.41) is 2.97. The van der Waals surface area contributed by atoms with Gasteiger partial charge in [0, 0.05) is 6.42 Å². The van der Waals surface area contributed by atoms with E-state index in [2.05, 4.69) is 17.4 Å². The summed E-state index contributed by atoms with van der Waals surface area (Å²) in [5.74, 6) is 0. The molecule has 0 aliphatic carbocycles. The summed E-state index contributed by atoms with van der Waals surface area (Å²) in [6, 6.07) is 20.1. The molecule has 3 rings (SSSR count). The van der Waals surface area contributed by atoms with Gasteiger partial charge in [-0.25, -0.2) is 4.79 Å². The van der Waals surface area contributed by atoms with Crippen LogP contribution in [0.25, 0.3) is 0 Å². The van der Waals surface area contributed by atoms with Crippen molar-refractivity contribution >= 4 is 6.09 Å². The van der Waals surface area contributed by atoms with Gasteiger partial charge >= 0.3 is 6.09 Å². The molecule has 1 atom stereocenters. The van der Waals surface area contributed by atoms with Gasteiger partial charge in [0.25, 0.3) is 0 Å². The third-order valence-electron chi connectivity index (χ3n) is 3.47. The molecule has 0 bridgehead atoms. The van der Waals surface area contributed by atoms with E-state index in [0.717, 1.165) is 12.0 Å². The van der Waals surface area contributed by atoms with E-state index in [1.165, 1.54) is 5.56 Å². The number of carbonyl (C=O) groups excluding carboxylic acids is 1. The number of ether oxygens (including phenoxy) is 1. The average Bonchev–Trinajstić information content (AvgIpc) is 2.83. The highest BCUT2D eigenvalue weighted by atomic mass is 16.6. The van der Waals surface area contributed by atoms with Crippen molar-refractivity contribution in [1.82, 2.24) is 5.32 Å². The van der Waals surface area contributed by atoms with Crippen molar-refractivity contribution in [3.63, 3.8) is 0 Å². The van der Waals surface area contributed by atoms with Crippen LogP contribution in [0, 0.1) is 0 Å². The number of amides is 1. The van der Waals surface area contributed by atoms with E-state index in [4.69, 9.17) is 4.74 Å². The van der Waals surface area contributed by atoms with Crippen molar-refractivity contribution < 1.29 is 9.53 Å². The Balaban J connectivity index is 1.96. The molecular formula is C16H15NO2. The summed E-state index contributed by atoms with van der Waals surface area (Å²) >= 11 is 0. The summed E-state index contributed by atoms with van der Waals surface area (Å²) in [5.41, 5.74) is 1.79. The molecule has 1 aliphatic rings. The molecule has 2 aromatic carbocycles. The van der Waals surface area contributed by atoms with Gasteiger partial charge in [0.15, 0.2) is 0 Å². The lowest BCUT2D eigenvalue weighted by Gasteiger charge is -2.27. The summed E-state index contributed by atoms with van der Waals surface area (Å²) in [6.07, 6.45) is 0.378. The van der Waals surface area contributed by atoms with Gasteiger partial charge in [0.2, 0.25) is 0 Å². The van der Waals surface area contributed by atoms with Gasteiger partial charge in [-0.3, -0.25) is 0 Å². The second kappa shape index (κ2) is 4.76. The quantitative estimate of drug-likeness (QED) is 0.913. The molecule has 1 saturated heterocycles. The number of rotatable bonds is 3. The standard InChI is InChI=1S/C16H15NO2/c18-15-17-16(12-19-15,14-9-5-2-6-10-14)11-13-7-3-1-4-8-13/h1-10H,11-12H2,(H,17,18). The Morgan fingerprint density at radius 2 is 1.63 bits per heavy atom. The van der Waals surface area contributed by atoms with Gasteiger partial charge in [-0.2, -0.15) is 0 Å². The number of nitrogens with one attached hydrogen (secondary N) is 1. The Morgan fingerprint density at radius 1 is 1.00 bits per heavy atom. The van der Waals surface area contributed by atoms with Crippen LogP contribution in [0.3, 0.4) is 0 Å². The minimum absolute atomic E-state index is 0.347. The van der Waals surface area contributed by atoms with Crippen LogP contribution in [-0.2, 0) is 16.7 Å². The van der Waals surface area contributed by atoms with Crippen molar-refractivity contribution in [1.29, 1.82) is 0 Å². The summed E-state index contributed by atoms with van der Waals surface area (Å²) in [7, 11) is 0. The zero-order valence-corrected chi connectivity index (χ0v) is 10.5. The molecule has 96 valence electrons. The van der Waals surface area contributed by atoms with Crippen LogP contribution < -0.4 is 5.32 Å². The summed E-state index contributed by atoms with van der Waals surface area (Å²) in [4.78, 5) is 11.5. The predicted octanol–water partition coefficient (Wildman–Crippen LogP) is 2.86. The van der Waals surface area contributed by atoms with E-state index in [0.29, 0.717) is 6.61 Å². The molecule has 0 radical (unpaired) electrons.